The van der Waals surface area contributed by atoms with E-state index >= 15 is 0 Å². The molecule has 4 nitrogen and oxygen atoms in total. The van der Waals surface area contributed by atoms with Crippen LogP contribution in [0.15, 0.2) is 0 Å². The van der Waals surface area contributed by atoms with Crippen LogP contribution in [0.2, 0.25) is 0 Å². The fraction of sp³-hybridized carbons (Fsp3) is 0.778. The van der Waals surface area contributed by atoms with Gasteiger partial charge < -0.3 is 9.47 Å². The normalized spacial score (nSPS) is 13.5. The molecule has 1 atom stereocenters. The van der Waals surface area contributed by atoms with Gasteiger partial charge in [0.1, 0.15) is 5.82 Å². The van der Waals surface area contributed by atoms with Gasteiger partial charge in [0.2, 0.25) is 0 Å². The zero-order chi connectivity index (χ0) is 10.7. The van der Waals surface area contributed by atoms with Crippen molar-refractivity contribution in [3.63, 3.8) is 0 Å². The smallest absolute Gasteiger partial charge is 0.195 e. The van der Waals surface area contributed by atoms with Crippen molar-refractivity contribution in [3.05, 3.63) is 10.6 Å². The van der Waals surface area contributed by atoms with Gasteiger partial charge in [-0.1, -0.05) is 0 Å². The molecule has 1 aromatic heterocycles. The van der Waals surface area contributed by atoms with E-state index in [0.29, 0.717) is 10.8 Å². The van der Waals surface area contributed by atoms with E-state index in [1.54, 1.807) is 0 Å². The summed E-state index contributed by atoms with van der Waals surface area (Å²) >= 11 is 5.16. The first-order chi connectivity index (χ1) is 6.52. The summed E-state index contributed by atoms with van der Waals surface area (Å²) in [5.74, 6) is 0.959. The number of aromatic nitrogens is 3. The number of rotatable bonds is 4. The highest BCUT2D eigenvalue weighted by atomic mass is 32.1. The Balaban J connectivity index is 2.69. The van der Waals surface area contributed by atoms with Gasteiger partial charge in [0.15, 0.2) is 4.77 Å². The Labute approximate surface area is 89.9 Å². The molecule has 0 fully saturated rings. The second-order valence-electron chi connectivity index (χ2n) is 3.89. The maximum Gasteiger partial charge on any atom is 0.195 e. The van der Waals surface area contributed by atoms with Gasteiger partial charge in [-0.2, -0.15) is 5.10 Å². The van der Waals surface area contributed by atoms with Crippen molar-refractivity contribution in [1.82, 2.24) is 19.7 Å². The van der Waals surface area contributed by atoms with Crippen molar-refractivity contribution in [2.45, 2.75) is 26.3 Å². The number of aryl methyl sites for hydroxylation is 1. The predicted octanol–water partition coefficient (Wildman–Crippen LogP) is 1.76. The van der Waals surface area contributed by atoms with Crippen LogP contribution >= 0.6 is 12.2 Å². The molecule has 0 radical (unpaired) electrons. The van der Waals surface area contributed by atoms with E-state index in [0.717, 1.165) is 18.8 Å². The maximum absolute atomic E-state index is 5.16. The second kappa shape index (κ2) is 4.70. The molecular weight excluding hydrogens is 196 g/mol. The monoisotopic (exact) mass is 214 g/mol. The predicted molar refractivity (Wildman–Crippen MR) is 60.0 cm³/mol. The average Bonchev–Trinajstić information content (AvgIpc) is 2.42. The molecule has 5 heteroatoms. The van der Waals surface area contributed by atoms with E-state index < -0.39 is 0 Å². The third-order valence-electron chi connectivity index (χ3n) is 2.32. The highest BCUT2D eigenvalue weighted by Crippen LogP contribution is 2.12. The first-order valence-electron chi connectivity index (χ1n) is 4.80. The Morgan fingerprint density at radius 2 is 2.21 bits per heavy atom. The molecule has 1 aromatic rings. The second-order valence-corrected chi connectivity index (χ2v) is 4.27. The lowest BCUT2D eigenvalue weighted by Crippen LogP contribution is -2.18. The standard InChI is InChI=1S/C9H18N4S/c1-7(5-6-12(3)4)13-8(2)10-11-9(13)14/h7H,5-6H2,1-4H3,(H,11,14). The highest BCUT2D eigenvalue weighted by Gasteiger charge is 2.09. The van der Waals surface area contributed by atoms with E-state index in [9.17, 15) is 0 Å². The Morgan fingerprint density at radius 1 is 1.57 bits per heavy atom. The summed E-state index contributed by atoms with van der Waals surface area (Å²) in [4.78, 5) is 2.18. The zero-order valence-electron chi connectivity index (χ0n) is 9.24. The molecular formula is C9H18N4S. The Kier molecular flexibility index (Phi) is 3.83. The lowest BCUT2D eigenvalue weighted by atomic mass is 10.2. The first-order valence-corrected chi connectivity index (χ1v) is 5.21. The van der Waals surface area contributed by atoms with Crippen LogP contribution in [0.25, 0.3) is 0 Å². The largest absolute Gasteiger partial charge is 0.309 e. The van der Waals surface area contributed by atoms with Crippen molar-refractivity contribution in [2.24, 2.45) is 0 Å². The van der Waals surface area contributed by atoms with Crippen LogP contribution in [0.3, 0.4) is 0 Å². The number of aromatic amines is 1. The van der Waals surface area contributed by atoms with Gasteiger partial charge in [-0.3, -0.25) is 5.10 Å². The van der Waals surface area contributed by atoms with Crippen LogP contribution in [0, 0.1) is 11.7 Å². The van der Waals surface area contributed by atoms with E-state index in [4.69, 9.17) is 12.2 Å². The number of hydrogen-bond acceptors (Lipinski definition) is 3. The molecule has 80 valence electrons. The van der Waals surface area contributed by atoms with Crippen LogP contribution in [-0.4, -0.2) is 40.3 Å². The number of nitrogens with one attached hydrogen (secondary N) is 1. The van der Waals surface area contributed by atoms with Crippen molar-refractivity contribution in [2.75, 3.05) is 20.6 Å². The molecule has 1 N–H and O–H groups in total. The summed E-state index contributed by atoms with van der Waals surface area (Å²) in [6.45, 7) is 5.20. The molecule has 0 saturated carbocycles. The van der Waals surface area contributed by atoms with Crippen LogP contribution in [0.5, 0.6) is 0 Å². The van der Waals surface area contributed by atoms with Gasteiger partial charge in [-0.25, -0.2) is 0 Å². The van der Waals surface area contributed by atoms with Crippen LogP contribution < -0.4 is 0 Å². The van der Waals surface area contributed by atoms with E-state index in [2.05, 4.69) is 40.7 Å². The molecule has 0 aliphatic heterocycles. The quantitative estimate of drug-likeness (QED) is 0.776. The van der Waals surface area contributed by atoms with Crippen LogP contribution in [-0.2, 0) is 0 Å². The first kappa shape index (κ1) is 11.4. The topological polar surface area (TPSA) is 36.9 Å². The molecule has 0 saturated heterocycles. The average molecular weight is 214 g/mol. The van der Waals surface area contributed by atoms with E-state index in [-0.39, 0.29) is 0 Å². The zero-order valence-corrected chi connectivity index (χ0v) is 10.1. The van der Waals surface area contributed by atoms with Crippen LogP contribution in [0.4, 0.5) is 0 Å². The van der Waals surface area contributed by atoms with Gasteiger partial charge >= 0.3 is 0 Å². The number of hydrogen-bond donors (Lipinski definition) is 1. The Hall–Kier alpha value is -0.680. The van der Waals surface area contributed by atoms with Gasteiger partial charge in [-0.05, 0) is 53.1 Å². The van der Waals surface area contributed by atoms with Gasteiger partial charge in [0, 0.05) is 6.04 Å². The molecule has 0 spiro atoms. The fourth-order valence-corrected chi connectivity index (χ4v) is 1.83. The van der Waals surface area contributed by atoms with E-state index in [1.807, 2.05) is 6.92 Å². The number of H-pyrrole nitrogens is 1. The summed E-state index contributed by atoms with van der Waals surface area (Å²) < 4.78 is 2.78. The molecule has 14 heavy (non-hydrogen) atoms. The summed E-state index contributed by atoms with van der Waals surface area (Å²) in [5, 5.41) is 6.90. The molecule has 1 rings (SSSR count). The minimum absolute atomic E-state index is 0.406. The molecule has 1 unspecified atom stereocenters. The molecule has 0 bridgehead atoms. The summed E-state index contributed by atoms with van der Waals surface area (Å²) in [6, 6.07) is 0.406. The Morgan fingerprint density at radius 3 is 2.64 bits per heavy atom. The summed E-state index contributed by atoms with van der Waals surface area (Å²) in [7, 11) is 4.16. The van der Waals surface area contributed by atoms with Gasteiger partial charge in [-0.15, -0.1) is 0 Å². The fourth-order valence-electron chi connectivity index (χ4n) is 1.48. The molecule has 0 aromatic carbocycles. The Bertz CT molecular complexity index is 339. The van der Waals surface area contributed by atoms with Crippen molar-refractivity contribution in [1.29, 1.82) is 0 Å². The lowest BCUT2D eigenvalue weighted by molar-refractivity contribution is 0.354. The SMILES string of the molecule is Cc1n[nH]c(=S)n1C(C)CCN(C)C. The maximum atomic E-state index is 5.16. The molecule has 0 amide bonds. The third kappa shape index (κ3) is 2.65. The van der Waals surface area contributed by atoms with Crippen molar-refractivity contribution in [3.8, 4) is 0 Å². The molecule has 1 heterocycles. The molecule has 0 aliphatic carbocycles. The van der Waals surface area contributed by atoms with Gasteiger partial charge in [0.05, 0.1) is 0 Å². The minimum Gasteiger partial charge on any atom is -0.309 e. The summed E-state index contributed by atoms with van der Waals surface area (Å²) in [6.07, 6.45) is 1.08. The van der Waals surface area contributed by atoms with Crippen molar-refractivity contribution < 1.29 is 0 Å². The summed E-state index contributed by atoms with van der Waals surface area (Å²) in [5.41, 5.74) is 0. The van der Waals surface area contributed by atoms with Crippen LogP contribution in [0.1, 0.15) is 25.2 Å². The lowest BCUT2D eigenvalue weighted by Gasteiger charge is -2.16. The number of nitrogens with zero attached hydrogens (tertiary/aromatic N) is 3. The highest BCUT2D eigenvalue weighted by molar-refractivity contribution is 7.71. The van der Waals surface area contributed by atoms with Gasteiger partial charge in [0.25, 0.3) is 0 Å². The molecule has 0 aliphatic rings. The van der Waals surface area contributed by atoms with Crippen molar-refractivity contribution >= 4 is 12.2 Å². The third-order valence-corrected chi connectivity index (χ3v) is 2.60. The van der Waals surface area contributed by atoms with E-state index in [1.165, 1.54) is 0 Å². The minimum atomic E-state index is 0.406.